The van der Waals surface area contributed by atoms with Crippen molar-refractivity contribution in [3.63, 3.8) is 0 Å². The molecule has 0 aliphatic carbocycles. The van der Waals surface area contributed by atoms with E-state index in [9.17, 15) is 0 Å². The highest BCUT2D eigenvalue weighted by Gasteiger charge is 2.12. The number of aromatic nitrogens is 3. The highest BCUT2D eigenvalue weighted by Crippen LogP contribution is 2.22. The molecule has 0 aliphatic rings. The van der Waals surface area contributed by atoms with Gasteiger partial charge in [-0.2, -0.15) is 5.10 Å². The number of ether oxygens (including phenoxy) is 1. The van der Waals surface area contributed by atoms with Crippen LogP contribution in [0.5, 0.6) is 5.75 Å². The van der Waals surface area contributed by atoms with Crippen LogP contribution < -0.4 is 4.74 Å². The summed E-state index contributed by atoms with van der Waals surface area (Å²) in [5.41, 5.74) is 2.79. The molecule has 92 valence electrons. The monoisotopic (exact) mass is 235 g/mol. The van der Waals surface area contributed by atoms with Gasteiger partial charge >= 0.3 is 0 Å². The van der Waals surface area contributed by atoms with Crippen LogP contribution in [0.1, 0.15) is 28.7 Å². The van der Waals surface area contributed by atoms with Crippen LogP contribution >= 0.6 is 0 Å². The lowest BCUT2D eigenvalue weighted by Crippen LogP contribution is -1.98. The SMILES string of the molecule is Cc1nc(COc2c(C)nn(C)c2C)oc1C. The molecule has 0 fully saturated rings. The first-order chi connectivity index (χ1) is 7.99. The van der Waals surface area contributed by atoms with Crippen LogP contribution in [-0.2, 0) is 13.7 Å². The van der Waals surface area contributed by atoms with Gasteiger partial charge in [-0.3, -0.25) is 4.68 Å². The van der Waals surface area contributed by atoms with E-state index < -0.39 is 0 Å². The van der Waals surface area contributed by atoms with E-state index in [2.05, 4.69) is 10.1 Å². The van der Waals surface area contributed by atoms with Gasteiger partial charge in [0.05, 0.1) is 11.4 Å². The third kappa shape index (κ3) is 2.18. The minimum atomic E-state index is 0.335. The molecule has 0 amide bonds. The summed E-state index contributed by atoms with van der Waals surface area (Å²) in [5.74, 6) is 2.24. The highest BCUT2D eigenvalue weighted by molar-refractivity contribution is 5.31. The first kappa shape index (κ1) is 11.7. The summed E-state index contributed by atoms with van der Waals surface area (Å²) >= 11 is 0. The van der Waals surface area contributed by atoms with Gasteiger partial charge in [-0.05, 0) is 27.7 Å². The maximum absolute atomic E-state index is 5.70. The summed E-state index contributed by atoms with van der Waals surface area (Å²) in [6, 6.07) is 0. The Morgan fingerprint density at radius 2 is 1.88 bits per heavy atom. The largest absolute Gasteiger partial charge is 0.480 e. The van der Waals surface area contributed by atoms with Gasteiger partial charge in [-0.1, -0.05) is 0 Å². The molecule has 0 bridgehead atoms. The average molecular weight is 235 g/mol. The highest BCUT2D eigenvalue weighted by atomic mass is 16.5. The lowest BCUT2D eigenvalue weighted by molar-refractivity contribution is 0.257. The minimum Gasteiger partial charge on any atom is -0.480 e. The van der Waals surface area contributed by atoms with Gasteiger partial charge in [0.2, 0.25) is 5.89 Å². The van der Waals surface area contributed by atoms with E-state index in [1.54, 1.807) is 4.68 Å². The van der Waals surface area contributed by atoms with Crippen molar-refractivity contribution in [3.05, 3.63) is 28.7 Å². The van der Waals surface area contributed by atoms with Crippen LogP contribution in [0.2, 0.25) is 0 Å². The van der Waals surface area contributed by atoms with Gasteiger partial charge in [-0.15, -0.1) is 0 Å². The van der Waals surface area contributed by atoms with Crippen LogP contribution in [0.4, 0.5) is 0 Å². The minimum absolute atomic E-state index is 0.335. The second-order valence-corrected chi connectivity index (χ2v) is 4.16. The molecule has 2 rings (SSSR count). The van der Waals surface area contributed by atoms with Crippen molar-refractivity contribution in [1.29, 1.82) is 0 Å². The first-order valence-electron chi connectivity index (χ1n) is 5.55. The first-order valence-corrected chi connectivity index (χ1v) is 5.55. The van der Waals surface area contributed by atoms with Gasteiger partial charge in [-0.25, -0.2) is 4.98 Å². The normalized spacial score (nSPS) is 10.9. The molecular weight excluding hydrogens is 218 g/mol. The van der Waals surface area contributed by atoms with Gasteiger partial charge < -0.3 is 9.15 Å². The average Bonchev–Trinajstić information content (AvgIpc) is 2.69. The zero-order chi connectivity index (χ0) is 12.6. The van der Waals surface area contributed by atoms with Crippen LogP contribution in [0.25, 0.3) is 0 Å². The molecule has 2 aromatic heterocycles. The molecule has 0 spiro atoms. The summed E-state index contributed by atoms with van der Waals surface area (Å²) in [6.45, 7) is 8.05. The summed E-state index contributed by atoms with van der Waals surface area (Å²) in [7, 11) is 1.90. The molecule has 0 atom stereocenters. The molecular formula is C12H17N3O2. The lowest BCUT2D eigenvalue weighted by atomic mass is 10.3. The predicted octanol–water partition coefficient (Wildman–Crippen LogP) is 2.22. The molecule has 5 heteroatoms. The zero-order valence-electron chi connectivity index (χ0n) is 10.9. The quantitative estimate of drug-likeness (QED) is 0.818. The fourth-order valence-electron chi connectivity index (χ4n) is 1.70. The van der Waals surface area contributed by atoms with Gasteiger partial charge in [0, 0.05) is 7.05 Å². The molecule has 0 unspecified atom stereocenters. The summed E-state index contributed by atoms with van der Waals surface area (Å²) in [4.78, 5) is 4.27. The summed E-state index contributed by atoms with van der Waals surface area (Å²) in [6.07, 6.45) is 0. The van der Waals surface area contributed by atoms with E-state index in [1.807, 2.05) is 34.7 Å². The van der Waals surface area contributed by atoms with Gasteiger partial charge in [0.1, 0.15) is 11.5 Å². The third-order valence-corrected chi connectivity index (χ3v) is 2.86. The van der Waals surface area contributed by atoms with Crippen LogP contribution in [0.15, 0.2) is 4.42 Å². The Hall–Kier alpha value is -1.78. The molecule has 2 heterocycles. The Morgan fingerprint density at radius 1 is 1.18 bits per heavy atom. The van der Waals surface area contributed by atoms with E-state index in [0.29, 0.717) is 12.5 Å². The van der Waals surface area contributed by atoms with Crippen molar-refractivity contribution < 1.29 is 9.15 Å². The number of nitrogens with zero attached hydrogens (tertiary/aromatic N) is 3. The van der Waals surface area contributed by atoms with E-state index in [0.717, 1.165) is 28.6 Å². The van der Waals surface area contributed by atoms with Crippen LogP contribution in [-0.4, -0.2) is 14.8 Å². The van der Waals surface area contributed by atoms with Gasteiger partial charge in [0.15, 0.2) is 12.4 Å². The van der Waals surface area contributed by atoms with Crippen molar-refractivity contribution in [1.82, 2.24) is 14.8 Å². The Balaban J connectivity index is 2.12. The molecule has 0 saturated heterocycles. The number of hydrogen-bond donors (Lipinski definition) is 0. The summed E-state index contributed by atoms with van der Waals surface area (Å²) in [5, 5.41) is 4.29. The Kier molecular flexibility index (Phi) is 2.92. The smallest absolute Gasteiger partial charge is 0.232 e. The van der Waals surface area contributed by atoms with E-state index >= 15 is 0 Å². The summed E-state index contributed by atoms with van der Waals surface area (Å²) < 4.78 is 13.0. The molecule has 0 saturated carbocycles. The maximum Gasteiger partial charge on any atom is 0.232 e. The van der Waals surface area contributed by atoms with Crippen LogP contribution in [0.3, 0.4) is 0 Å². The van der Waals surface area contributed by atoms with Crippen molar-refractivity contribution in [2.45, 2.75) is 34.3 Å². The topological polar surface area (TPSA) is 53.1 Å². The fourth-order valence-corrected chi connectivity index (χ4v) is 1.70. The zero-order valence-corrected chi connectivity index (χ0v) is 10.9. The Labute approximate surface area is 100 Å². The molecule has 0 aliphatic heterocycles. The number of aryl methyl sites for hydroxylation is 4. The van der Waals surface area contributed by atoms with Crippen molar-refractivity contribution in [2.75, 3.05) is 0 Å². The number of oxazole rings is 1. The van der Waals surface area contributed by atoms with E-state index in [1.165, 1.54) is 0 Å². The van der Waals surface area contributed by atoms with Crippen LogP contribution in [0, 0.1) is 27.7 Å². The number of rotatable bonds is 3. The molecule has 0 aromatic carbocycles. The van der Waals surface area contributed by atoms with Crippen molar-refractivity contribution in [3.8, 4) is 5.75 Å². The fraction of sp³-hybridized carbons (Fsp3) is 0.500. The maximum atomic E-state index is 5.70. The molecule has 0 radical (unpaired) electrons. The predicted molar refractivity (Wildman–Crippen MR) is 63.0 cm³/mol. The second kappa shape index (κ2) is 4.24. The number of hydrogen-bond acceptors (Lipinski definition) is 4. The Morgan fingerprint density at radius 3 is 2.35 bits per heavy atom. The lowest BCUT2D eigenvalue weighted by Gasteiger charge is -2.03. The Bertz CT molecular complexity index is 521. The van der Waals surface area contributed by atoms with Crippen molar-refractivity contribution in [2.24, 2.45) is 7.05 Å². The third-order valence-electron chi connectivity index (χ3n) is 2.86. The molecule has 17 heavy (non-hydrogen) atoms. The van der Waals surface area contributed by atoms with E-state index in [4.69, 9.17) is 9.15 Å². The van der Waals surface area contributed by atoms with Gasteiger partial charge in [0.25, 0.3) is 0 Å². The standard InChI is InChI=1S/C12H17N3O2/c1-7-10(4)17-11(13-7)6-16-12-8(2)14-15(5)9(12)3/h6H2,1-5H3. The molecule has 0 N–H and O–H groups in total. The van der Waals surface area contributed by atoms with Crippen molar-refractivity contribution >= 4 is 0 Å². The molecule has 2 aromatic rings. The second-order valence-electron chi connectivity index (χ2n) is 4.16. The molecule has 5 nitrogen and oxygen atoms in total. The van der Waals surface area contributed by atoms with E-state index in [-0.39, 0.29) is 0 Å².